The number of hydrogen-bond acceptors (Lipinski definition) is 4. The van der Waals surface area contributed by atoms with Crippen LogP contribution in [0.5, 0.6) is 5.75 Å². The van der Waals surface area contributed by atoms with Gasteiger partial charge in [-0.05, 0) is 42.0 Å². The third-order valence-electron chi connectivity index (χ3n) is 4.54. The molecular weight excluding hydrogens is 479 g/mol. The minimum atomic E-state index is -4.89. The summed E-state index contributed by atoms with van der Waals surface area (Å²) in [6, 6.07) is 18.0. The van der Waals surface area contributed by atoms with Crippen molar-refractivity contribution in [1.29, 1.82) is 0 Å². The van der Waals surface area contributed by atoms with Crippen molar-refractivity contribution < 1.29 is 31.1 Å². The van der Waals surface area contributed by atoms with E-state index in [4.69, 9.17) is 11.6 Å². The van der Waals surface area contributed by atoms with Crippen molar-refractivity contribution in [1.82, 2.24) is 0 Å². The van der Waals surface area contributed by atoms with Crippen molar-refractivity contribution in [2.45, 2.75) is 24.6 Å². The normalized spacial score (nSPS) is 11.5. The van der Waals surface area contributed by atoms with Gasteiger partial charge in [-0.1, -0.05) is 48.9 Å². The minimum absolute atomic E-state index is 0.000976. The number of anilines is 1. The van der Waals surface area contributed by atoms with E-state index in [1.807, 2.05) is 0 Å². The molecule has 3 aromatic carbocycles. The number of para-hydroxylation sites is 1. The van der Waals surface area contributed by atoms with Crippen molar-refractivity contribution in [3.63, 3.8) is 0 Å². The third kappa shape index (κ3) is 6.40. The van der Waals surface area contributed by atoms with Gasteiger partial charge in [0, 0.05) is 11.1 Å². The fourth-order valence-electron chi connectivity index (χ4n) is 2.96. The number of halogens is 4. The Hall–Kier alpha value is -3.22. The van der Waals surface area contributed by atoms with Crippen molar-refractivity contribution in [2.75, 3.05) is 11.1 Å². The van der Waals surface area contributed by atoms with Crippen molar-refractivity contribution in [2.24, 2.45) is 0 Å². The molecular formula is C23H17ClF3NO4S. The molecule has 0 aliphatic rings. The van der Waals surface area contributed by atoms with E-state index < -0.39 is 27.9 Å². The highest BCUT2D eigenvalue weighted by atomic mass is 35.5. The number of sulfone groups is 1. The number of amides is 1. The first-order chi connectivity index (χ1) is 15.5. The fraction of sp³-hybridized carbons (Fsp3) is 0.174. The molecule has 3 rings (SSSR count). The largest absolute Gasteiger partial charge is 0.573 e. The third-order valence-corrected chi connectivity index (χ3v) is 6.58. The SMILES string of the molecule is CCS(=O)(=O)c1ccc(CC(=O)Nc2c#cc(Cl)c(-c3ccccc3OC(F)(F)F)c2)cc1. The van der Waals surface area contributed by atoms with Crippen LogP contribution in [0.3, 0.4) is 0 Å². The molecule has 0 aliphatic carbocycles. The Morgan fingerprint density at radius 1 is 1.06 bits per heavy atom. The molecule has 0 heterocycles. The van der Waals surface area contributed by atoms with Crippen molar-refractivity contribution in [3.8, 4) is 16.9 Å². The van der Waals surface area contributed by atoms with E-state index in [0.29, 0.717) is 5.56 Å². The number of benzene rings is 2. The average Bonchev–Trinajstić information content (AvgIpc) is 2.75. The minimum Gasteiger partial charge on any atom is -0.405 e. The summed E-state index contributed by atoms with van der Waals surface area (Å²) in [5.74, 6) is -0.931. The summed E-state index contributed by atoms with van der Waals surface area (Å²) in [6.07, 6.45) is -4.96. The molecule has 0 atom stereocenters. The van der Waals surface area contributed by atoms with Gasteiger partial charge in [0.15, 0.2) is 9.84 Å². The molecule has 5 nitrogen and oxygen atoms in total. The van der Waals surface area contributed by atoms with Crippen LogP contribution < -0.4 is 10.1 Å². The van der Waals surface area contributed by atoms with Gasteiger partial charge in [-0.3, -0.25) is 4.79 Å². The molecule has 0 aliphatic heterocycles. The number of carbonyl (C=O) groups is 1. The van der Waals surface area contributed by atoms with Crippen LogP contribution >= 0.6 is 11.6 Å². The zero-order valence-corrected chi connectivity index (χ0v) is 18.7. The zero-order valence-electron chi connectivity index (χ0n) is 17.2. The van der Waals surface area contributed by atoms with Crippen LogP contribution in [0.1, 0.15) is 12.5 Å². The highest BCUT2D eigenvalue weighted by molar-refractivity contribution is 7.91. The van der Waals surface area contributed by atoms with Crippen LogP contribution in [0.25, 0.3) is 11.1 Å². The van der Waals surface area contributed by atoms with Crippen LogP contribution in [-0.4, -0.2) is 26.4 Å². The number of hydrogen-bond donors (Lipinski definition) is 1. The molecule has 1 N–H and O–H groups in total. The number of alkyl halides is 3. The van der Waals surface area contributed by atoms with E-state index in [1.165, 1.54) is 55.5 Å². The van der Waals surface area contributed by atoms with E-state index in [1.54, 1.807) is 0 Å². The van der Waals surface area contributed by atoms with Crippen LogP contribution in [-0.2, 0) is 21.1 Å². The second-order valence-electron chi connectivity index (χ2n) is 6.85. The smallest absolute Gasteiger partial charge is 0.405 e. The summed E-state index contributed by atoms with van der Waals surface area (Å²) in [5.41, 5.74) is 0.948. The highest BCUT2D eigenvalue weighted by Gasteiger charge is 2.32. The lowest BCUT2D eigenvalue weighted by Gasteiger charge is -2.14. The van der Waals surface area contributed by atoms with Gasteiger partial charge in [0.2, 0.25) is 5.91 Å². The fourth-order valence-corrected chi connectivity index (χ4v) is 4.05. The van der Waals surface area contributed by atoms with E-state index in [9.17, 15) is 26.4 Å². The number of carbonyl (C=O) groups excluding carboxylic acids is 1. The Balaban J connectivity index is 1.79. The molecule has 10 heteroatoms. The van der Waals surface area contributed by atoms with Crippen molar-refractivity contribution in [3.05, 3.63) is 77.3 Å². The lowest BCUT2D eigenvalue weighted by Crippen LogP contribution is -2.17. The maximum atomic E-state index is 12.7. The van der Waals surface area contributed by atoms with Crippen LogP contribution in [0.4, 0.5) is 18.9 Å². The molecule has 1 amide bonds. The van der Waals surface area contributed by atoms with Gasteiger partial charge in [0.05, 0.1) is 27.8 Å². The number of rotatable bonds is 7. The summed E-state index contributed by atoms with van der Waals surface area (Å²) in [7, 11) is -3.35. The van der Waals surface area contributed by atoms with E-state index in [-0.39, 0.29) is 38.9 Å². The summed E-state index contributed by atoms with van der Waals surface area (Å²) < 4.78 is 66.1. The van der Waals surface area contributed by atoms with Gasteiger partial charge < -0.3 is 10.1 Å². The molecule has 0 saturated carbocycles. The zero-order chi connectivity index (χ0) is 24.2. The Morgan fingerprint density at radius 2 is 1.73 bits per heavy atom. The Labute approximate surface area is 194 Å². The monoisotopic (exact) mass is 495 g/mol. The Bertz CT molecular complexity index is 1260. The molecule has 33 heavy (non-hydrogen) atoms. The van der Waals surface area contributed by atoms with E-state index in [0.717, 1.165) is 6.07 Å². The molecule has 0 fully saturated rings. The summed E-state index contributed by atoms with van der Waals surface area (Å²) in [6.45, 7) is 1.54. The second-order valence-corrected chi connectivity index (χ2v) is 9.51. The molecule has 0 bridgehead atoms. The van der Waals surface area contributed by atoms with Crippen LogP contribution in [0, 0.1) is 12.1 Å². The van der Waals surface area contributed by atoms with Gasteiger partial charge in [-0.2, -0.15) is 0 Å². The van der Waals surface area contributed by atoms with Gasteiger partial charge in [0.1, 0.15) is 5.75 Å². The van der Waals surface area contributed by atoms with Gasteiger partial charge in [0.25, 0.3) is 0 Å². The predicted octanol–water partition coefficient (Wildman–Crippen LogP) is 5.48. The number of ether oxygens (including phenoxy) is 1. The molecule has 172 valence electrons. The molecule has 0 saturated heterocycles. The first kappa shape index (κ1) is 24.4. The second kappa shape index (κ2) is 9.73. The lowest BCUT2D eigenvalue weighted by atomic mass is 10.0. The van der Waals surface area contributed by atoms with Crippen molar-refractivity contribution >= 4 is 33.0 Å². The lowest BCUT2D eigenvalue weighted by molar-refractivity contribution is -0.274. The quantitative estimate of drug-likeness (QED) is 0.471. The first-order valence-electron chi connectivity index (χ1n) is 9.58. The van der Waals surface area contributed by atoms with Gasteiger partial charge in [-0.15, -0.1) is 13.2 Å². The summed E-state index contributed by atoms with van der Waals surface area (Å²) >= 11 is 6.12. The maximum Gasteiger partial charge on any atom is 0.573 e. The molecule has 0 unspecified atom stereocenters. The van der Waals surface area contributed by atoms with E-state index >= 15 is 0 Å². The maximum absolute atomic E-state index is 12.7. The van der Waals surface area contributed by atoms with Gasteiger partial charge >= 0.3 is 6.36 Å². The standard InChI is InChI=1S/C23H17ClF3NO4S/c1-2-33(30,31)17-10-7-15(8-11-17)13-22(29)28-16-9-12-20(24)19(14-16)18-5-3-4-6-21(18)32-23(25,26)27/h3-8,10-11,14H,2,13H2,1H3,(H,28,29). The molecule has 0 aromatic heterocycles. The first-order valence-corrected chi connectivity index (χ1v) is 11.6. The molecule has 3 aromatic rings. The summed E-state index contributed by atoms with van der Waals surface area (Å²) in [5, 5.41) is 2.58. The Morgan fingerprint density at radius 3 is 2.36 bits per heavy atom. The average molecular weight is 496 g/mol. The van der Waals surface area contributed by atoms with Crippen LogP contribution in [0.2, 0.25) is 5.02 Å². The number of nitrogens with one attached hydrogen (secondary N) is 1. The molecule has 0 radical (unpaired) electrons. The summed E-state index contributed by atoms with van der Waals surface area (Å²) in [4.78, 5) is 12.6. The Kier molecular flexibility index (Phi) is 7.20. The van der Waals surface area contributed by atoms with Gasteiger partial charge in [-0.25, -0.2) is 8.42 Å². The van der Waals surface area contributed by atoms with E-state index in [2.05, 4.69) is 22.2 Å². The topological polar surface area (TPSA) is 72.5 Å². The molecule has 0 spiro atoms. The highest BCUT2D eigenvalue weighted by Crippen LogP contribution is 2.37. The van der Waals surface area contributed by atoms with Crippen LogP contribution in [0.15, 0.2) is 59.5 Å². The predicted molar refractivity (Wildman–Crippen MR) is 118 cm³/mol.